The van der Waals surface area contributed by atoms with Crippen LogP contribution in [-0.2, 0) is 22.4 Å². The Morgan fingerprint density at radius 2 is 2.32 bits per heavy atom. The SMILES string of the molecule is CCOC(=O)NC(=O)CSc1nnc(-c2cc3c(s2)CCC(C)C3)o1. The van der Waals surface area contributed by atoms with Crippen LogP contribution < -0.4 is 5.32 Å². The summed E-state index contributed by atoms with van der Waals surface area (Å²) in [7, 11) is 0. The van der Waals surface area contributed by atoms with Crippen LogP contribution in [0, 0.1) is 5.92 Å². The lowest BCUT2D eigenvalue weighted by Gasteiger charge is -2.16. The van der Waals surface area contributed by atoms with Gasteiger partial charge in [0.25, 0.3) is 11.1 Å². The smallest absolute Gasteiger partial charge is 0.413 e. The summed E-state index contributed by atoms with van der Waals surface area (Å²) in [5.41, 5.74) is 1.37. The van der Waals surface area contributed by atoms with Crippen LogP contribution in [0.4, 0.5) is 4.79 Å². The van der Waals surface area contributed by atoms with Crippen molar-refractivity contribution in [3.05, 3.63) is 16.5 Å². The summed E-state index contributed by atoms with van der Waals surface area (Å²) < 4.78 is 10.3. The number of carbonyl (C=O) groups excluding carboxylic acids is 2. The molecular formula is C16H19N3O4S2. The molecule has 0 spiro atoms. The summed E-state index contributed by atoms with van der Waals surface area (Å²) >= 11 is 2.78. The summed E-state index contributed by atoms with van der Waals surface area (Å²) in [6.45, 7) is 4.15. The fourth-order valence-electron chi connectivity index (χ4n) is 2.62. The molecule has 0 fully saturated rings. The number of aryl methyl sites for hydroxylation is 1. The van der Waals surface area contributed by atoms with Crippen molar-refractivity contribution in [2.24, 2.45) is 5.92 Å². The second kappa shape index (κ2) is 8.01. The zero-order valence-electron chi connectivity index (χ0n) is 14.0. The third-order valence-electron chi connectivity index (χ3n) is 3.79. The topological polar surface area (TPSA) is 94.3 Å². The number of aromatic nitrogens is 2. The van der Waals surface area contributed by atoms with Gasteiger partial charge in [-0.1, -0.05) is 18.7 Å². The van der Waals surface area contributed by atoms with Gasteiger partial charge in [-0.25, -0.2) is 4.79 Å². The van der Waals surface area contributed by atoms with E-state index in [1.165, 1.54) is 16.9 Å². The van der Waals surface area contributed by atoms with Crippen molar-refractivity contribution in [2.75, 3.05) is 12.4 Å². The Morgan fingerprint density at radius 1 is 1.48 bits per heavy atom. The van der Waals surface area contributed by atoms with Crippen molar-refractivity contribution < 1.29 is 18.7 Å². The number of ether oxygens (including phenoxy) is 1. The standard InChI is InChI=1S/C16H19N3O4S2/c1-3-22-15(21)17-13(20)8-24-16-19-18-14(23-16)12-7-10-6-9(2)4-5-11(10)25-12/h7,9H,3-6,8H2,1-2H3,(H,17,20,21). The minimum Gasteiger partial charge on any atom is -0.450 e. The van der Waals surface area contributed by atoms with Gasteiger partial charge in [-0.05, 0) is 43.7 Å². The number of amides is 2. The van der Waals surface area contributed by atoms with E-state index in [2.05, 4.69) is 33.2 Å². The maximum Gasteiger partial charge on any atom is 0.413 e. The van der Waals surface area contributed by atoms with E-state index in [4.69, 9.17) is 4.42 Å². The maximum atomic E-state index is 11.6. The van der Waals surface area contributed by atoms with Gasteiger partial charge in [-0.2, -0.15) is 0 Å². The molecule has 134 valence electrons. The van der Waals surface area contributed by atoms with E-state index >= 15 is 0 Å². The lowest BCUT2D eigenvalue weighted by molar-refractivity contribution is -0.117. The van der Waals surface area contributed by atoms with E-state index in [1.54, 1.807) is 18.3 Å². The molecule has 0 aliphatic heterocycles. The molecule has 0 bridgehead atoms. The predicted octanol–water partition coefficient (Wildman–Crippen LogP) is 3.29. The number of thioether (sulfide) groups is 1. The molecule has 0 radical (unpaired) electrons. The maximum absolute atomic E-state index is 11.6. The Hall–Kier alpha value is -1.87. The highest BCUT2D eigenvalue weighted by atomic mass is 32.2. The van der Waals surface area contributed by atoms with Crippen LogP contribution >= 0.6 is 23.1 Å². The molecule has 2 amide bonds. The number of hydrogen-bond donors (Lipinski definition) is 1. The second-order valence-corrected chi connectivity index (χ2v) is 7.90. The van der Waals surface area contributed by atoms with Crippen molar-refractivity contribution in [2.45, 2.75) is 38.3 Å². The van der Waals surface area contributed by atoms with Gasteiger partial charge in [0, 0.05) is 4.88 Å². The van der Waals surface area contributed by atoms with Gasteiger partial charge >= 0.3 is 6.09 Å². The summed E-state index contributed by atoms with van der Waals surface area (Å²) in [6, 6.07) is 2.13. The number of imide groups is 1. The van der Waals surface area contributed by atoms with E-state index in [9.17, 15) is 9.59 Å². The molecule has 3 rings (SSSR count). The van der Waals surface area contributed by atoms with Crippen molar-refractivity contribution in [3.63, 3.8) is 0 Å². The van der Waals surface area contributed by atoms with E-state index < -0.39 is 12.0 Å². The normalized spacial score (nSPS) is 16.3. The van der Waals surface area contributed by atoms with Gasteiger partial charge in [0.2, 0.25) is 5.91 Å². The highest BCUT2D eigenvalue weighted by Gasteiger charge is 2.21. The Kier molecular flexibility index (Phi) is 5.74. The molecule has 0 aromatic carbocycles. The Labute approximate surface area is 153 Å². The third-order valence-corrected chi connectivity index (χ3v) is 5.83. The van der Waals surface area contributed by atoms with Crippen LogP contribution in [0.2, 0.25) is 0 Å². The number of hydrogen-bond acceptors (Lipinski definition) is 8. The minimum absolute atomic E-state index is 0.00109. The number of rotatable bonds is 5. The first-order chi connectivity index (χ1) is 12.0. The largest absolute Gasteiger partial charge is 0.450 e. The molecule has 2 aromatic heterocycles. The summed E-state index contributed by atoms with van der Waals surface area (Å²) in [4.78, 5) is 25.1. The molecular weight excluding hydrogens is 362 g/mol. The summed E-state index contributed by atoms with van der Waals surface area (Å²) in [5, 5.41) is 10.4. The fraction of sp³-hybridized carbons (Fsp3) is 0.500. The molecule has 2 aromatic rings. The zero-order chi connectivity index (χ0) is 17.8. The lowest BCUT2D eigenvalue weighted by atomic mass is 9.90. The first kappa shape index (κ1) is 17.9. The molecule has 7 nitrogen and oxygen atoms in total. The number of carbonyl (C=O) groups is 2. The molecule has 0 saturated heterocycles. The molecule has 1 aliphatic rings. The molecule has 1 aliphatic carbocycles. The monoisotopic (exact) mass is 381 g/mol. The van der Waals surface area contributed by atoms with Gasteiger partial charge in [0.05, 0.1) is 17.2 Å². The van der Waals surface area contributed by atoms with E-state index in [-0.39, 0.29) is 12.4 Å². The van der Waals surface area contributed by atoms with Gasteiger partial charge < -0.3 is 9.15 Å². The van der Waals surface area contributed by atoms with Crippen LogP contribution in [-0.4, -0.2) is 34.6 Å². The molecule has 1 unspecified atom stereocenters. The number of nitrogens with zero attached hydrogens (tertiary/aromatic N) is 2. The molecule has 9 heteroatoms. The van der Waals surface area contributed by atoms with Crippen molar-refractivity contribution in [1.82, 2.24) is 15.5 Å². The van der Waals surface area contributed by atoms with E-state index in [1.807, 2.05) is 0 Å². The predicted molar refractivity (Wildman–Crippen MR) is 94.7 cm³/mol. The first-order valence-electron chi connectivity index (χ1n) is 8.10. The van der Waals surface area contributed by atoms with E-state index in [0.29, 0.717) is 17.0 Å². The number of thiophene rings is 1. The quantitative estimate of drug-likeness (QED) is 0.794. The van der Waals surface area contributed by atoms with Crippen LogP contribution in [0.15, 0.2) is 15.7 Å². The van der Waals surface area contributed by atoms with Crippen molar-refractivity contribution in [3.8, 4) is 10.8 Å². The summed E-state index contributed by atoms with van der Waals surface area (Å²) in [6.07, 6.45) is 2.66. The van der Waals surface area contributed by atoms with Crippen LogP contribution in [0.3, 0.4) is 0 Å². The van der Waals surface area contributed by atoms with Gasteiger partial charge in [-0.15, -0.1) is 21.5 Å². The number of fused-ring (bicyclic) bond motifs is 1. The summed E-state index contributed by atoms with van der Waals surface area (Å²) in [5.74, 6) is 0.713. The Morgan fingerprint density at radius 3 is 3.12 bits per heavy atom. The van der Waals surface area contributed by atoms with Crippen LogP contribution in [0.1, 0.15) is 30.7 Å². The highest BCUT2D eigenvalue weighted by molar-refractivity contribution is 7.99. The van der Waals surface area contributed by atoms with Gasteiger partial charge in [-0.3, -0.25) is 10.1 Å². The zero-order valence-corrected chi connectivity index (χ0v) is 15.7. The lowest BCUT2D eigenvalue weighted by Crippen LogP contribution is -2.32. The van der Waals surface area contributed by atoms with Crippen molar-refractivity contribution in [1.29, 1.82) is 0 Å². The van der Waals surface area contributed by atoms with Gasteiger partial charge in [0.15, 0.2) is 0 Å². The number of nitrogens with one attached hydrogen (secondary N) is 1. The minimum atomic E-state index is -0.752. The highest BCUT2D eigenvalue weighted by Crippen LogP contribution is 2.37. The van der Waals surface area contributed by atoms with E-state index in [0.717, 1.165) is 29.5 Å². The first-order valence-corrected chi connectivity index (χ1v) is 9.90. The molecule has 25 heavy (non-hydrogen) atoms. The van der Waals surface area contributed by atoms with Crippen molar-refractivity contribution >= 4 is 35.1 Å². The Bertz CT molecular complexity index is 771. The van der Waals surface area contributed by atoms with Crippen LogP contribution in [0.25, 0.3) is 10.8 Å². The third kappa shape index (κ3) is 4.60. The number of alkyl carbamates (subject to hydrolysis) is 1. The molecule has 1 atom stereocenters. The Balaban J connectivity index is 1.58. The molecule has 2 heterocycles. The molecule has 0 saturated carbocycles. The average Bonchev–Trinajstić information content (AvgIpc) is 3.19. The average molecular weight is 381 g/mol. The second-order valence-electron chi connectivity index (χ2n) is 5.84. The van der Waals surface area contributed by atoms with Crippen LogP contribution in [0.5, 0.6) is 0 Å². The fourth-order valence-corrected chi connectivity index (χ4v) is 4.32. The molecule has 1 N–H and O–H groups in total. The van der Waals surface area contributed by atoms with Gasteiger partial charge in [0.1, 0.15) is 0 Å².